The van der Waals surface area contributed by atoms with Gasteiger partial charge in [-0.05, 0) is 72.9 Å². The summed E-state index contributed by atoms with van der Waals surface area (Å²) in [5.41, 5.74) is 7.41. The van der Waals surface area contributed by atoms with Gasteiger partial charge in [0.1, 0.15) is 6.10 Å². The zero-order valence-electron chi connectivity index (χ0n) is 17.0. The highest BCUT2D eigenvalue weighted by Crippen LogP contribution is 2.34. The van der Waals surface area contributed by atoms with Crippen LogP contribution in [0.4, 0.5) is 0 Å². The van der Waals surface area contributed by atoms with E-state index in [-0.39, 0.29) is 0 Å². The lowest BCUT2D eigenvalue weighted by atomic mass is 9.89. The quantitative estimate of drug-likeness (QED) is 0.491. The Morgan fingerprint density at radius 1 is 1.04 bits per heavy atom. The molecule has 0 N–H and O–H groups in total. The van der Waals surface area contributed by atoms with Gasteiger partial charge in [-0.25, -0.2) is 4.98 Å². The summed E-state index contributed by atoms with van der Waals surface area (Å²) in [7, 11) is 0. The Balaban J connectivity index is 1.60. The van der Waals surface area contributed by atoms with Gasteiger partial charge < -0.3 is 4.74 Å². The van der Waals surface area contributed by atoms with Crippen molar-refractivity contribution in [3.8, 4) is 28.1 Å². The molecule has 2 heterocycles. The van der Waals surface area contributed by atoms with Crippen LogP contribution in [-0.4, -0.2) is 16.1 Å². The number of aryl methyl sites for hydroxylation is 1. The third-order valence-electron chi connectivity index (χ3n) is 5.92. The van der Waals surface area contributed by atoms with E-state index in [0.29, 0.717) is 12.0 Å². The average molecular weight is 373 g/mol. The summed E-state index contributed by atoms with van der Waals surface area (Å²) < 4.78 is 5.87. The minimum absolute atomic E-state index is 0.360. The molecular formula is C25H28N2O. The van der Waals surface area contributed by atoms with E-state index in [4.69, 9.17) is 4.74 Å². The van der Waals surface area contributed by atoms with Crippen molar-refractivity contribution in [2.45, 2.75) is 58.5 Å². The fourth-order valence-electron chi connectivity index (χ4n) is 3.71. The Bertz CT molecular complexity index is 945. The second-order valence-electron chi connectivity index (χ2n) is 7.86. The van der Waals surface area contributed by atoms with E-state index in [1.807, 2.05) is 24.7 Å². The molecule has 0 radical (unpaired) electrons. The number of hydrogen-bond donors (Lipinski definition) is 0. The molecule has 1 aromatic carbocycles. The number of pyridine rings is 2. The second kappa shape index (κ2) is 8.14. The summed E-state index contributed by atoms with van der Waals surface area (Å²) >= 11 is 0. The molecule has 1 saturated carbocycles. The van der Waals surface area contributed by atoms with E-state index in [1.54, 1.807) is 0 Å². The van der Waals surface area contributed by atoms with Crippen molar-refractivity contribution in [1.82, 2.24) is 9.97 Å². The predicted molar refractivity (Wildman–Crippen MR) is 115 cm³/mol. The van der Waals surface area contributed by atoms with Crippen LogP contribution in [0.3, 0.4) is 0 Å². The van der Waals surface area contributed by atoms with Gasteiger partial charge in [-0.3, -0.25) is 4.98 Å². The summed E-state index contributed by atoms with van der Waals surface area (Å²) in [6.45, 7) is 6.69. The molecule has 0 spiro atoms. The highest BCUT2D eigenvalue weighted by atomic mass is 16.5. The van der Waals surface area contributed by atoms with E-state index >= 15 is 0 Å². The minimum Gasteiger partial charge on any atom is -0.474 e. The van der Waals surface area contributed by atoms with E-state index in [0.717, 1.165) is 30.7 Å². The van der Waals surface area contributed by atoms with Crippen LogP contribution in [0, 0.1) is 6.92 Å². The number of ether oxygens (including phenoxy) is 1. The van der Waals surface area contributed by atoms with Crippen LogP contribution in [0.1, 0.15) is 56.6 Å². The first-order valence-electron chi connectivity index (χ1n) is 10.3. The highest BCUT2D eigenvalue weighted by molar-refractivity contribution is 5.75. The van der Waals surface area contributed by atoms with E-state index < -0.39 is 0 Å². The highest BCUT2D eigenvalue weighted by Gasteiger charge is 2.19. The molecule has 0 bridgehead atoms. The third-order valence-corrected chi connectivity index (χ3v) is 5.92. The molecule has 3 nitrogen and oxygen atoms in total. The Morgan fingerprint density at radius 3 is 2.50 bits per heavy atom. The molecule has 28 heavy (non-hydrogen) atoms. The maximum absolute atomic E-state index is 5.87. The van der Waals surface area contributed by atoms with E-state index in [2.05, 4.69) is 61.1 Å². The van der Waals surface area contributed by atoms with Gasteiger partial charge in [0.25, 0.3) is 0 Å². The molecule has 2 aromatic heterocycles. The lowest BCUT2D eigenvalue weighted by molar-refractivity contribution is 0.114. The number of rotatable bonds is 6. The standard InChI is InChI=1S/C25H28N2O/c1-4-17(2)23-12-13-26-16-24(23)22-10-8-19(14-18(22)3)20-9-11-25(27-15-20)28-21-6-5-7-21/h8-17,21H,4-7H2,1-3H3. The predicted octanol–water partition coefficient (Wildman–Crippen LogP) is 6.56. The monoisotopic (exact) mass is 372 g/mol. The van der Waals surface area contributed by atoms with Gasteiger partial charge in [0.05, 0.1) is 0 Å². The van der Waals surface area contributed by atoms with Crippen LogP contribution in [0.5, 0.6) is 5.88 Å². The van der Waals surface area contributed by atoms with Gasteiger partial charge in [0.15, 0.2) is 0 Å². The van der Waals surface area contributed by atoms with Crippen LogP contribution >= 0.6 is 0 Å². The van der Waals surface area contributed by atoms with Crippen LogP contribution in [0.15, 0.2) is 55.0 Å². The zero-order valence-corrected chi connectivity index (χ0v) is 17.0. The number of nitrogens with zero attached hydrogens (tertiary/aromatic N) is 2. The maximum Gasteiger partial charge on any atom is 0.213 e. The minimum atomic E-state index is 0.360. The topological polar surface area (TPSA) is 35.0 Å². The molecular weight excluding hydrogens is 344 g/mol. The van der Waals surface area contributed by atoms with Crippen molar-refractivity contribution >= 4 is 0 Å². The molecule has 4 rings (SSSR count). The van der Waals surface area contributed by atoms with Crippen molar-refractivity contribution in [2.24, 2.45) is 0 Å². The molecule has 1 aliphatic carbocycles. The second-order valence-corrected chi connectivity index (χ2v) is 7.86. The molecule has 0 aliphatic heterocycles. The summed E-state index contributed by atoms with van der Waals surface area (Å²) in [4.78, 5) is 8.88. The molecule has 1 unspecified atom stereocenters. The fraction of sp³-hybridized carbons (Fsp3) is 0.360. The number of hydrogen-bond acceptors (Lipinski definition) is 3. The summed E-state index contributed by atoms with van der Waals surface area (Å²) in [5, 5.41) is 0. The van der Waals surface area contributed by atoms with Crippen molar-refractivity contribution in [3.05, 3.63) is 66.1 Å². The Labute approximate surface area is 167 Å². The largest absolute Gasteiger partial charge is 0.474 e. The van der Waals surface area contributed by atoms with E-state index in [1.165, 1.54) is 34.2 Å². The molecule has 0 amide bonds. The van der Waals surface area contributed by atoms with Crippen LogP contribution < -0.4 is 4.74 Å². The van der Waals surface area contributed by atoms with Gasteiger partial charge in [-0.15, -0.1) is 0 Å². The Morgan fingerprint density at radius 2 is 1.86 bits per heavy atom. The number of aromatic nitrogens is 2. The lowest BCUT2D eigenvalue weighted by Gasteiger charge is -2.25. The maximum atomic E-state index is 5.87. The first kappa shape index (κ1) is 18.7. The van der Waals surface area contributed by atoms with Crippen molar-refractivity contribution in [1.29, 1.82) is 0 Å². The first-order chi connectivity index (χ1) is 13.7. The van der Waals surface area contributed by atoms with Crippen LogP contribution in [0.2, 0.25) is 0 Å². The Hall–Kier alpha value is -2.68. The fourth-order valence-corrected chi connectivity index (χ4v) is 3.71. The average Bonchev–Trinajstić information content (AvgIpc) is 2.70. The summed E-state index contributed by atoms with van der Waals surface area (Å²) in [6.07, 6.45) is 10.9. The van der Waals surface area contributed by atoms with Crippen molar-refractivity contribution in [2.75, 3.05) is 0 Å². The summed E-state index contributed by atoms with van der Waals surface area (Å²) in [6, 6.07) is 12.9. The van der Waals surface area contributed by atoms with Crippen LogP contribution in [0.25, 0.3) is 22.3 Å². The molecule has 144 valence electrons. The zero-order chi connectivity index (χ0) is 19.5. The van der Waals surface area contributed by atoms with Gasteiger partial charge in [-0.1, -0.05) is 32.0 Å². The first-order valence-corrected chi connectivity index (χ1v) is 10.3. The van der Waals surface area contributed by atoms with E-state index in [9.17, 15) is 0 Å². The number of benzene rings is 1. The normalized spacial score (nSPS) is 15.1. The molecule has 1 atom stereocenters. The molecule has 0 saturated heterocycles. The van der Waals surface area contributed by atoms with Crippen molar-refractivity contribution < 1.29 is 4.74 Å². The van der Waals surface area contributed by atoms with Crippen molar-refractivity contribution in [3.63, 3.8) is 0 Å². The van der Waals surface area contributed by atoms with Gasteiger partial charge >= 0.3 is 0 Å². The van der Waals surface area contributed by atoms with Gasteiger partial charge in [-0.2, -0.15) is 0 Å². The summed E-state index contributed by atoms with van der Waals surface area (Å²) in [5.74, 6) is 1.25. The SMILES string of the molecule is CCC(C)c1ccncc1-c1ccc(-c2ccc(OC3CCC3)nc2)cc1C. The molecule has 3 heteroatoms. The van der Waals surface area contributed by atoms with Gasteiger partial charge in [0, 0.05) is 35.8 Å². The van der Waals surface area contributed by atoms with Gasteiger partial charge in [0.2, 0.25) is 5.88 Å². The lowest BCUT2D eigenvalue weighted by Crippen LogP contribution is -2.24. The Kier molecular flexibility index (Phi) is 5.43. The molecule has 1 aliphatic rings. The molecule has 1 fully saturated rings. The smallest absolute Gasteiger partial charge is 0.213 e. The molecule has 3 aromatic rings. The third kappa shape index (κ3) is 3.80. The van der Waals surface area contributed by atoms with Crippen LogP contribution in [-0.2, 0) is 0 Å².